The first-order valence-electron chi connectivity index (χ1n) is 7.62. The largest absolute Gasteiger partial charge is 0.480 e. The number of carboxylic acids is 1. The lowest BCUT2D eigenvalue weighted by atomic mass is 9.98. The summed E-state index contributed by atoms with van der Waals surface area (Å²) in [5, 5.41) is 11.9. The second-order valence-electron chi connectivity index (χ2n) is 5.75. The Hall–Kier alpha value is -1.92. The maximum atomic E-state index is 12.3. The Balaban J connectivity index is 1.95. The summed E-state index contributed by atoms with van der Waals surface area (Å²) in [5.74, 6) is -1.38. The first kappa shape index (κ1) is 16.5. The molecule has 1 saturated heterocycles. The van der Waals surface area contributed by atoms with Gasteiger partial charge in [-0.05, 0) is 17.9 Å². The van der Waals surface area contributed by atoms with Gasteiger partial charge in [-0.3, -0.25) is 4.79 Å². The molecule has 0 bridgehead atoms. The standard InChI is InChI=1S/C16H23N3O3/c1-3-10(2)14(16(21)22)17-15(20)13-9-12(18-19-13)11-7-5-4-6-8-11/h4-8,10,12-14,18-19H,3,9H2,1-2H3,(H,17,20)(H,21,22). The number of nitrogens with one attached hydrogen (secondary N) is 3. The van der Waals surface area contributed by atoms with Gasteiger partial charge in [0.15, 0.2) is 0 Å². The molecule has 2 rings (SSSR count). The molecule has 0 aromatic heterocycles. The van der Waals surface area contributed by atoms with Crippen LogP contribution in [0, 0.1) is 5.92 Å². The monoisotopic (exact) mass is 305 g/mol. The molecular weight excluding hydrogens is 282 g/mol. The number of hydrogen-bond donors (Lipinski definition) is 4. The number of carbonyl (C=O) groups excluding carboxylic acids is 1. The molecule has 0 spiro atoms. The summed E-state index contributed by atoms with van der Waals surface area (Å²) in [5.41, 5.74) is 7.14. The minimum Gasteiger partial charge on any atom is -0.480 e. The maximum absolute atomic E-state index is 12.3. The van der Waals surface area contributed by atoms with Gasteiger partial charge in [0.05, 0.1) is 0 Å². The summed E-state index contributed by atoms with van der Waals surface area (Å²) >= 11 is 0. The van der Waals surface area contributed by atoms with Crippen molar-refractivity contribution in [3.05, 3.63) is 35.9 Å². The zero-order valence-corrected chi connectivity index (χ0v) is 12.9. The van der Waals surface area contributed by atoms with Crippen molar-refractivity contribution in [2.24, 2.45) is 5.92 Å². The van der Waals surface area contributed by atoms with Crippen LogP contribution < -0.4 is 16.2 Å². The van der Waals surface area contributed by atoms with Crippen LogP contribution >= 0.6 is 0 Å². The summed E-state index contributed by atoms with van der Waals surface area (Å²) in [6.07, 6.45) is 1.28. The molecule has 1 aliphatic heterocycles. The van der Waals surface area contributed by atoms with E-state index in [1.807, 2.05) is 44.2 Å². The van der Waals surface area contributed by atoms with Crippen molar-refractivity contribution in [2.45, 2.75) is 44.8 Å². The van der Waals surface area contributed by atoms with Crippen LogP contribution in [-0.4, -0.2) is 29.1 Å². The number of carboxylic acid groups (broad SMARTS) is 1. The molecule has 0 saturated carbocycles. The fraction of sp³-hybridized carbons (Fsp3) is 0.500. The van der Waals surface area contributed by atoms with E-state index >= 15 is 0 Å². The van der Waals surface area contributed by atoms with Crippen molar-refractivity contribution in [3.63, 3.8) is 0 Å². The fourth-order valence-electron chi connectivity index (χ4n) is 2.57. The Kier molecular flexibility index (Phi) is 5.51. The molecule has 0 aliphatic carbocycles. The molecule has 22 heavy (non-hydrogen) atoms. The van der Waals surface area contributed by atoms with Crippen molar-refractivity contribution in [2.75, 3.05) is 0 Å². The second kappa shape index (κ2) is 7.38. The molecule has 4 N–H and O–H groups in total. The van der Waals surface area contributed by atoms with E-state index in [4.69, 9.17) is 0 Å². The first-order chi connectivity index (χ1) is 10.5. The van der Waals surface area contributed by atoms with Gasteiger partial charge in [-0.25, -0.2) is 15.6 Å². The topological polar surface area (TPSA) is 90.5 Å². The molecule has 4 unspecified atom stereocenters. The normalized spacial score (nSPS) is 23.7. The number of benzene rings is 1. The van der Waals surface area contributed by atoms with E-state index in [2.05, 4.69) is 16.2 Å². The van der Waals surface area contributed by atoms with Crippen LogP contribution in [0.2, 0.25) is 0 Å². The lowest BCUT2D eigenvalue weighted by molar-refractivity contribution is -0.143. The van der Waals surface area contributed by atoms with E-state index in [1.54, 1.807) is 0 Å². The van der Waals surface area contributed by atoms with Crippen LogP contribution in [0.5, 0.6) is 0 Å². The Morgan fingerprint density at radius 2 is 2.00 bits per heavy atom. The molecule has 1 fully saturated rings. The van der Waals surface area contributed by atoms with E-state index in [-0.39, 0.29) is 17.9 Å². The van der Waals surface area contributed by atoms with Gasteiger partial charge in [-0.2, -0.15) is 0 Å². The van der Waals surface area contributed by atoms with Crippen LogP contribution in [0.4, 0.5) is 0 Å². The fourth-order valence-corrected chi connectivity index (χ4v) is 2.57. The van der Waals surface area contributed by atoms with Gasteiger partial charge in [0, 0.05) is 6.04 Å². The van der Waals surface area contributed by atoms with Crippen LogP contribution in [0.25, 0.3) is 0 Å². The van der Waals surface area contributed by atoms with Crippen LogP contribution in [0.1, 0.15) is 38.3 Å². The highest BCUT2D eigenvalue weighted by molar-refractivity contribution is 5.87. The molecule has 1 aromatic rings. The minimum atomic E-state index is -0.992. The Labute approximate surface area is 130 Å². The number of aliphatic carboxylic acids is 1. The maximum Gasteiger partial charge on any atom is 0.326 e. The average Bonchev–Trinajstić information content (AvgIpc) is 3.02. The predicted molar refractivity (Wildman–Crippen MR) is 82.9 cm³/mol. The summed E-state index contributed by atoms with van der Waals surface area (Å²) < 4.78 is 0. The quantitative estimate of drug-likeness (QED) is 0.634. The van der Waals surface area contributed by atoms with E-state index in [0.29, 0.717) is 12.8 Å². The van der Waals surface area contributed by atoms with Crippen LogP contribution in [0.15, 0.2) is 30.3 Å². The van der Waals surface area contributed by atoms with Gasteiger partial charge in [0.2, 0.25) is 5.91 Å². The van der Waals surface area contributed by atoms with Crippen molar-refractivity contribution in [3.8, 4) is 0 Å². The average molecular weight is 305 g/mol. The lowest BCUT2D eigenvalue weighted by Crippen LogP contribution is -2.51. The SMILES string of the molecule is CCC(C)C(NC(=O)C1CC(c2ccccc2)NN1)C(=O)O. The highest BCUT2D eigenvalue weighted by Gasteiger charge is 2.33. The Bertz CT molecular complexity index is 521. The number of hydrogen-bond acceptors (Lipinski definition) is 4. The van der Waals surface area contributed by atoms with Gasteiger partial charge >= 0.3 is 5.97 Å². The van der Waals surface area contributed by atoms with Gasteiger partial charge in [-0.15, -0.1) is 0 Å². The third-order valence-corrected chi connectivity index (χ3v) is 4.20. The van der Waals surface area contributed by atoms with Gasteiger partial charge < -0.3 is 10.4 Å². The van der Waals surface area contributed by atoms with E-state index in [0.717, 1.165) is 5.56 Å². The summed E-state index contributed by atoms with van der Waals surface area (Å²) in [6.45, 7) is 3.74. The molecule has 1 amide bonds. The van der Waals surface area contributed by atoms with Gasteiger partial charge in [0.25, 0.3) is 0 Å². The van der Waals surface area contributed by atoms with Crippen molar-refractivity contribution in [1.82, 2.24) is 16.2 Å². The zero-order valence-electron chi connectivity index (χ0n) is 12.9. The van der Waals surface area contributed by atoms with Crippen molar-refractivity contribution >= 4 is 11.9 Å². The molecule has 6 nitrogen and oxygen atoms in total. The molecule has 6 heteroatoms. The summed E-state index contributed by atoms with van der Waals surface area (Å²) in [7, 11) is 0. The third-order valence-electron chi connectivity index (χ3n) is 4.20. The van der Waals surface area contributed by atoms with E-state index in [9.17, 15) is 14.7 Å². The number of carbonyl (C=O) groups is 2. The Morgan fingerprint density at radius 1 is 1.32 bits per heavy atom. The minimum absolute atomic E-state index is 0.0452. The predicted octanol–water partition coefficient (Wildman–Crippen LogP) is 1.21. The number of hydrazine groups is 1. The highest BCUT2D eigenvalue weighted by Crippen LogP contribution is 2.22. The highest BCUT2D eigenvalue weighted by atomic mass is 16.4. The molecule has 1 aliphatic rings. The molecular formula is C16H23N3O3. The summed E-state index contributed by atoms with van der Waals surface area (Å²) in [4.78, 5) is 23.6. The molecule has 4 atom stereocenters. The molecule has 1 heterocycles. The Morgan fingerprint density at radius 3 is 2.59 bits per heavy atom. The van der Waals surface area contributed by atoms with Crippen molar-refractivity contribution < 1.29 is 14.7 Å². The molecule has 0 radical (unpaired) electrons. The second-order valence-corrected chi connectivity index (χ2v) is 5.75. The zero-order chi connectivity index (χ0) is 16.1. The van der Waals surface area contributed by atoms with Gasteiger partial charge in [-0.1, -0.05) is 50.6 Å². The van der Waals surface area contributed by atoms with Crippen molar-refractivity contribution in [1.29, 1.82) is 0 Å². The van der Waals surface area contributed by atoms with Gasteiger partial charge in [0.1, 0.15) is 12.1 Å². The third kappa shape index (κ3) is 3.84. The smallest absolute Gasteiger partial charge is 0.326 e. The number of amides is 1. The molecule has 120 valence electrons. The first-order valence-corrected chi connectivity index (χ1v) is 7.62. The van der Waals surface area contributed by atoms with E-state index < -0.39 is 18.1 Å². The van der Waals surface area contributed by atoms with E-state index in [1.165, 1.54) is 0 Å². The van der Waals surface area contributed by atoms with Crippen LogP contribution in [0.3, 0.4) is 0 Å². The number of rotatable bonds is 6. The molecule has 1 aromatic carbocycles. The summed E-state index contributed by atoms with van der Waals surface area (Å²) in [6, 6.07) is 8.61. The van der Waals surface area contributed by atoms with Crippen LogP contribution in [-0.2, 0) is 9.59 Å². The lowest BCUT2D eigenvalue weighted by Gasteiger charge is -2.21.